The van der Waals surface area contributed by atoms with Crippen LogP contribution in [-0.2, 0) is 0 Å². The second-order valence-electron chi connectivity index (χ2n) is 1.96. The Labute approximate surface area is 88.2 Å². The molecule has 1 N–H and O–H groups in total. The normalized spacial score (nSPS) is 9.17. The lowest BCUT2D eigenvalue weighted by Gasteiger charge is -2.03. The summed E-state index contributed by atoms with van der Waals surface area (Å²) in [6, 6.07) is 3.38. The number of nitrogens with one attached hydrogen (secondary N) is 1. The van der Waals surface area contributed by atoms with Crippen LogP contribution in [-0.4, -0.2) is 0 Å². The fourth-order valence-electron chi connectivity index (χ4n) is 0.683. The van der Waals surface area contributed by atoms with Crippen LogP contribution in [0.25, 0.3) is 0 Å². The van der Waals surface area contributed by atoms with Crippen LogP contribution >= 0.6 is 39.1 Å². The Balaban J connectivity index is 3.19. The number of benzene rings is 1. The third-order valence-corrected chi connectivity index (χ3v) is 3.00. The Bertz CT molecular complexity index is 346. The SMILES string of the molecule is N#CNc1ccc(Br)c(Cl)c1Cl. The Kier molecular flexibility index (Phi) is 3.21. The van der Waals surface area contributed by atoms with Crippen LogP contribution in [0.4, 0.5) is 5.69 Å². The second kappa shape index (κ2) is 3.99. The number of hydrogen-bond acceptors (Lipinski definition) is 2. The van der Waals surface area contributed by atoms with Crippen molar-refractivity contribution in [2.45, 2.75) is 0 Å². The lowest BCUT2D eigenvalue weighted by Crippen LogP contribution is -1.88. The zero-order chi connectivity index (χ0) is 9.14. The minimum Gasteiger partial charge on any atom is -0.291 e. The molecule has 0 amide bonds. The molecule has 1 rings (SSSR count). The van der Waals surface area contributed by atoms with Gasteiger partial charge in [0.05, 0.1) is 15.7 Å². The van der Waals surface area contributed by atoms with Gasteiger partial charge in [0.2, 0.25) is 0 Å². The molecule has 0 heterocycles. The molecule has 5 heteroatoms. The molecular weight excluding hydrogens is 263 g/mol. The first kappa shape index (κ1) is 9.66. The Hall–Kier alpha value is -0.430. The molecule has 1 aromatic rings. The van der Waals surface area contributed by atoms with E-state index in [2.05, 4.69) is 21.2 Å². The summed E-state index contributed by atoms with van der Waals surface area (Å²) in [5.41, 5.74) is 0.507. The summed E-state index contributed by atoms with van der Waals surface area (Å²) < 4.78 is 0.706. The lowest BCUT2D eigenvalue weighted by molar-refractivity contribution is 1.47. The Morgan fingerprint density at radius 3 is 2.58 bits per heavy atom. The molecule has 0 unspecified atom stereocenters. The lowest BCUT2D eigenvalue weighted by atomic mass is 10.3. The van der Waals surface area contributed by atoms with Gasteiger partial charge in [-0.1, -0.05) is 23.2 Å². The van der Waals surface area contributed by atoms with E-state index >= 15 is 0 Å². The van der Waals surface area contributed by atoms with Gasteiger partial charge in [-0.05, 0) is 28.1 Å². The minimum atomic E-state index is 0.340. The van der Waals surface area contributed by atoms with E-state index in [1.165, 1.54) is 0 Å². The van der Waals surface area contributed by atoms with E-state index in [1.807, 2.05) is 0 Å². The monoisotopic (exact) mass is 264 g/mol. The van der Waals surface area contributed by atoms with Crippen LogP contribution in [0, 0.1) is 11.5 Å². The standard InChI is InChI=1S/C7H3BrCl2N2/c8-4-1-2-5(12-3-11)7(10)6(4)9/h1-2,12H. The Morgan fingerprint density at radius 2 is 2.00 bits per heavy atom. The molecule has 0 aliphatic heterocycles. The van der Waals surface area contributed by atoms with Crippen molar-refractivity contribution in [1.82, 2.24) is 0 Å². The van der Waals surface area contributed by atoms with Gasteiger partial charge in [-0.2, -0.15) is 5.26 Å². The third-order valence-electron chi connectivity index (χ3n) is 1.23. The van der Waals surface area contributed by atoms with Crippen LogP contribution in [0.15, 0.2) is 16.6 Å². The fraction of sp³-hybridized carbons (Fsp3) is 0. The highest BCUT2D eigenvalue weighted by Gasteiger charge is 2.06. The van der Waals surface area contributed by atoms with Gasteiger partial charge in [-0.15, -0.1) is 0 Å². The molecule has 0 aliphatic rings. The molecule has 0 bridgehead atoms. The molecule has 0 spiro atoms. The van der Waals surface area contributed by atoms with E-state index in [4.69, 9.17) is 28.5 Å². The van der Waals surface area contributed by atoms with Gasteiger partial charge in [0, 0.05) is 4.47 Å². The van der Waals surface area contributed by atoms with Gasteiger partial charge in [0.1, 0.15) is 0 Å². The number of hydrogen-bond donors (Lipinski definition) is 1. The van der Waals surface area contributed by atoms with E-state index in [0.717, 1.165) is 0 Å². The highest BCUT2D eigenvalue weighted by Crippen LogP contribution is 2.35. The predicted molar refractivity (Wildman–Crippen MR) is 53.4 cm³/mol. The number of nitrogens with zero attached hydrogens (tertiary/aromatic N) is 1. The van der Waals surface area contributed by atoms with Crippen molar-refractivity contribution in [3.8, 4) is 6.19 Å². The molecule has 62 valence electrons. The average molecular weight is 266 g/mol. The van der Waals surface area contributed by atoms with Crippen molar-refractivity contribution in [3.63, 3.8) is 0 Å². The Morgan fingerprint density at radius 1 is 1.33 bits per heavy atom. The summed E-state index contributed by atoms with van der Waals surface area (Å²) in [5.74, 6) is 0. The van der Waals surface area contributed by atoms with Crippen LogP contribution in [0.2, 0.25) is 10.0 Å². The van der Waals surface area contributed by atoms with E-state index in [9.17, 15) is 0 Å². The van der Waals surface area contributed by atoms with Crippen LogP contribution < -0.4 is 5.32 Å². The maximum Gasteiger partial charge on any atom is 0.181 e. The molecule has 0 radical (unpaired) electrons. The molecule has 0 saturated heterocycles. The van der Waals surface area contributed by atoms with Crippen molar-refractivity contribution >= 4 is 44.8 Å². The number of nitriles is 1. The van der Waals surface area contributed by atoms with Gasteiger partial charge in [0.15, 0.2) is 6.19 Å². The van der Waals surface area contributed by atoms with Crippen molar-refractivity contribution in [1.29, 1.82) is 5.26 Å². The number of anilines is 1. The smallest absolute Gasteiger partial charge is 0.181 e. The first-order chi connectivity index (χ1) is 5.66. The van der Waals surface area contributed by atoms with Gasteiger partial charge >= 0.3 is 0 Å². The number of rotatable bonds is 1. The first-order valence-electron chi connectivity index (χ1n) is 2.95. The molecule has 2 nitrogen and oxygen atoms in total. The van der Waals surface area contributed by atoms with Gasteiger partial charge in [-0.3, -0.25) is 5.32 Å². The van der Waals surface area contributed by atoms with Crippen molar-refractivity contribution < 1.29 is 0 Å². The second-order valence-corrected chi connectivity index (χ2v) is 3.57. The highest BCUT2D eigenvalue weighted by molar-refractivity contribution is 9.10. The van der Waals surface area contributed by atoms with E-state index < -0.39 is 0 Å². The molecule has 1 aromatic carbocycles. The summed E-state index contributed by atoms with van der Waals surface area (Å²) >= 11 is 14.8. The average Bonchev–Trinajstić information content (AvgIpc) is 2.07. The van der Waals surface area contributed by atoms with Crippen LogP contribution in [0.5, 0.6) is 0 Å². The molecule has 12 heavy (non-hydrogen) atoms. The van der Waals surface area contributed by atoms with Crippen molar-refractivity contribution in [2.75, 3.05) is 5.32 Å². The van der Waals surface area contributed by atoms with E-state index in [0.29, 0.717) is 20.2 Å². The quantitative estimate of drug-likeness (QED) is 0.478. The summed E-state index contributed by atoms with van der Waals surface area (Å²) in [5, 5.41) is 11.5. The van der Waals surface area contributed by atoms with Crippen molar-refractivity contribution in [3.05, 3.63) is 26.7 Å². The summed E-state index contributed by atoms with van der Waals surface area (Å²) in [6.45, 7) is 0. The van der Waals surface area contributed by atoms with Crippen molar-refractivity contribution in [2.24, 2.45) is 0 Å². The first-order valence-corrected chi connectivity index (χ1v) is 4.50. The zero-order valence-corrected chi connectivity index (χ0v) is 8.83. The maximum atomic E-state index is 8.33. The summed E-state index contributed by atoms with van der Waals surface area (Å²) in [4.78, 5) is 0. The fourth-order valence-corrected chi connectivity index (χ4v) is 1.50. The predicted octanol–water partition coefficient (Wildman–Crippen LogP) is 3.65. The topological polar surface area (TPSA) is 35.8 Å². The molecular formula is C7H3BrCl2N2. The molecule has 0 fully saturated rings. The van der Waals surface area contributed by atoms with Gasteiger partial charge in [-0.25, -0.2) is 0 Å². The highest BCUT2D eigenvalue weighted by atomic mass is 79.9. The van der Waals surface area contributed by atoms with E-state index in [1.54, 1.807) is 18.3 Å². The third kappa shape index (κ3) is 1.84. The molecule has 0 aliphatic carbocycles. The molecule has 0 saturated carbocycles. The van der Waals surface area contributed by atoms with Crippen LogP contribution in [0.1, 0.15) is 0 Å². The maximum absolute atomic E-state index is 8.33. The zero-order valence-electron chi connectivity index (χ0n) is 5.74. The van der Waals surface area contributed by atoms with E-state index in [-0.39, 0.29) is 0 Å². The van der Waals surface area contributed by atoms with Crippen LogP contribution in [0.3, 0.4) is 0 Å². The van der Waals surface area contributed by atoms with Gasteiger partial charge in [0.25, 0.3) is 0 Å². The molecule has 0 aromatic heterocycles. The summed E-state index contributed by atoms with van der Waals surface area (Å²) in [6.07, 6.45) is 1.76. The largest absolute Gasteiger partial charge is 0.291 e. The number of halogens is 3. The summed E-state index contributed by atoms with van der Waals surface area (Å²) in [7, 11) is 0. The van der Waals surface area contributed by atoms with Gasteiger partial charge < -0.3 is 0 Å². The minimum absolute atomic E-state index is 0.340. The molecule has 0 atom stereocenters.